The van der Waals surface area contributed by atoms with E-state index in [9.17, 15) is 18.0 Å². The van der Waals surface area contributed by atoms with Crippen LogP contribution in [0.15, 0.2) is 28.2 Å². The number of ether oxygens (including phenoxy) is 1. The van der Waals surface area contributed by atoms with Crippen LogP contribution in [0.5, 0.6) is 0 Å². The number of halogens is 1. The van der Waals surface area contributed by atoms with Crippen LogP contribution >= 0.6 is 23.4 Å². The van der Waals surface area contributed by atoms with Crippen LogP contribution in [-0.4, -0.2) is 72.3 Å². The second-order valence-electron chi connectivity index (χ2n) is 7.03. The van der Waals surface area contributed by atoms with Crippen molar-refractivity contribution in [2.75, 3.05) is 37.5 Å². The molecule has 1 aromatic heterocycles. The molecule has 0 aliphatic carbocycles. The molecule has 30 heavy (non-hydrogen) atoms. The zero-order valence-corrected chi connectivity index (χ0v) is 19.2. The van der Waals surface area contributed by atoms with Crippen LogP contribution in [0.2, 0.25) is 5.02 Å². The first-order valence-electron chi connectivity index (χ1n) is 9.57. The van der Waals surface area contributed by atoms with Gasteiger partial charge in [0.2, 0.25) is 5.91 Å². The van der Waals surface area contributed by atoms with Gasteiger partial charge < -0.3 is 9.64 Å². The summed E-state index contributed by atoms with van der Waals surface area (Å²) in [5, 5.41) is 1.31. The van der Waals surface area contributed by atoms with Crippen LogP contribution in [0.3, 0.4) is 0 Å². The molecular weight excluding hydrogens is 450 g/mol. The Hall–Kier alpha value is -1.62. The molecule has 1 fully saturated rings. The summed E-state index contributed by atoms with van der Waals surface area (Å²) in [5.41, 5.74) is 0.239. The molecule has 1 aliphatic heterocycles. The quantitative estimate of drug-likeness (QED) is 0.426. The summed E-state index contributed by atoms with van der Waals surface area (Å²) in [5.74, 6) is -0.0142. The van der Waals surface area contributed by atoms with Gasteiger partial charge >= 0.3 is 0 Å². The third-order valence-electron chi connectivity index (χ3n) is 5.04. The Labute approximate surface area is 184 Å². The Balaban J connectivity index is 1.84. The number of amides is 1. The first kappa shape index (κ1) is 23.1. The number of fused-ring (bicyclic) bond motifs is 1. The molecule has 1 aliphatic rings. The number of aromatic nitrogens is 2. The number of carbonyl (C=O) groups is 1. The maximum absolute atomic E-state index is 12.9. The molecule has 1 amide bonds. The molecule has 1 aromatic carbocycles. The fourth-order valence-electron chi connectivity index (χ4n) is 3.53. The van der Waals surface area contributed by atoms with Crippen LogP contribution in [0, 0.1) is 0 Å². The van der Waals surface area contributed by atoms with E-state index in [1.165, 1.54) is 4.57 Å². The highest BCUT2D eigenvalue weighted by atomic mass is 35.5. The number of carbonyl (C=O) groups excluding carboxylic acids is 1. The molecule has 0 N–H and O–H groups in total. The lowest BCUT2D eigenvalue weighted by Crippen LogP contribution is -2.42. The highest BCUT2D eigenvalue weighted by Gasteiger charge is 2.33. The summed E-state index contributed by atoms with van der Waals surface area (Å²) in [6, 6.07) is 4.59. The lowest BCUT2D eigenvalue weighted by molar-refractivity contribution is -0.129. The van der Waals surface area contributed by atoms with Gasteiger partial charge in [-0.3, -0.25) is 14.2 Å². The zero-order valence-electron chi connectivity index (χ0n) is 16.8. The number of nitrogens with zero attached hydrogens (tertiary/aromatic N) is 3. The molecule has 8 nitrogen and oxygen atoms in total. The van der Waals surface area contributed by atoms with Crippen LogP contribution in [0.1, 0.15) is 13.3 Å². The summed E-state index contributed by atoms with van der Waals surface area (Å²) in [7, 11) is -1.54. The SMILES string of the molecule is CCN(C(=O)CSc1nc2cc(Cl)ccc2c(=O)n1CCOC)C1CCS(=O)(=O)C1. The first-order valence-corrected chi connectivity index (χ1v) is 12.8. The van der Waals surface area contributed by atoms with Gasteiger partial charge in [-0.15, -0.1) is 0 Å². The fourth-order valence-corrected chi connectivity index (χ4v) is 6.34. The summed E-state index contributed by atoms with van der Waals surface area (Å²) >= 11 is 7.20. The lowest BCUT2D eigenvalue weighted by Gasteiger charge is -2.26. The monoisotopic (exact) mass is 473 g/mol. The number of sulfone groups is 1. The van der Waals surface area contributed by atoms with Crippen LogP contribution in [0.25, 0.3) is 10.9 Å². The third kappa shape index (κ3) is 5.16. The van der Waals surface area contributed by atoms with E-state index in [1.54, 1.807) is 30.2 Å². The highest BCUT2D eigenvalue weighted by Crippen LogP contribution is 2.23. The van der Waals surface area contributed by atoms with Gasteiger partial charge in [0.25, 0.3) is 5.56 Å². The van der Waals surface area contributed by atoms with E-state index in [0.717, 1.165) is 11.8 Å². The van der Waals surface area contributed by atoms with Crippen molar-refractivity contribution in [3.05, 3.63) is 33.6 Å². The molecule has 11 heteroatoms. The Kier molecular flexibility index (Phi) is 7.43. The predicted octanol–water partition coefficient (Wildman–Crippen LogP) is 1.82. The molecule has 2 heterocycles. The minimum absolute atomic E-state index is 0.00250. The molecule has 1 saturated heterocycles. The number of thioether (sulfide) groups is 1. The van der Waals surface area contributed by atoms with E-state index in [1.807, 2.05) is 6.92 Å². The molecule has 3 rings (SSSR count). The molecule has 0 bridgehead atoms. The zero-order chi connectivity index (χ0) is 21.9. The number of hydrogen-bond donors (Lipinski definition) is 0. The van der Waals surface area contributed by atoms with Crippen molar-refractivity contribution in [1.82, 2.24) is 14.5 Å². The van der Waals surface area contributed by atoms with Gasteiger partial charge in [-0.25, -0.2) is 13.4 Å². The van der Waals surface area contributed by atoms with Crippen molar-refractivity contribution in [2.24, 2.45) is 0 Å². The van der Waals surface area contributed by atoms with Crippen molar-refractivity contribution < 1.29 is 17.9 Å². The Bertz CT molecular complexity index is 1100. The van der Waals surface area contributed by atoms with E-state index >= 15 is 0 Å². The van der Waals surface area contributed by atoms with Crippen molar-refractivity contribution in [1.29, 1.82) is 0 Å². The van der Waals surface area contributed by atoms with Gasteiger partial charge in [0.15, 0.2) is 15.0 Å². The normalized spacial score (nSPS) is 18.0. The van der Waals surface area contributed by atoms with Crippen LogP contribution in [-0.2, 0) is 25.9 Å². The summed E-state index contributed by atoms with van der Waals surface area (Å²) in [4.78, 5) is 31.9. The van der Waals surface area contributed by atoms with E-state index in [4.69, 9.17) is 16.3 Å². The maximum Gasteiger partial charge on any atom is 0.262 e. The smallest absolute Gasteiger partial charge is 0.262 e. The molecule has 1 unspecified atom stereocenters. The van der Waals surface area contributed by atoms with E-state index in [0.29, 0.717) is 47.2 Å². The third-order valence-corrected chi connectivity index (χ3v) is 7.98. The van der Waals surface area contributed by atoms with Gasteiger partial charge in [0, 0.05) is 24.7 Å². The Morgan fingerprint density at radius 3 is 2.83 bits per heavy atom. The average Bonchev–Trinajstić information content (AvgIpc) is 3.05. The second-order valence-corrected chi connectivity index (χ2v) is 10.6. The van der Waals surface area contributed by atoms with Gasteiger partial charge in [-0.05, 0) is 31.5 Å². The van der Waals surface area contributed by atoms with E-state index in [-0.39, 0.29) is 34.8 Å². The number of benzene rings is 1. The largest absolute Gasteiger partial charge is 0.383 e. The van der Waals surface area contributed by atoms with Gasteiger partial charge in [0.1, 0.15) is 0 Å². The predicted molar refractivity (Wildman–Crippen MR) is 118 cm³/mol. The molecule has 0 spiro atoms. The lowest BCUT2D eigenvalue weighted by atomic mass is 10.2. The maximum atomic E-state index is 12.9. The van der Waals surface area contributed by atoms with Gasteiger partial charge in [0.05, 0.1) is 41.3 Å². The molecule has 0 radical (unpaired) electrons. The minimum atomic E-state index is -3.09. The van der Waals surface area contributed by atoms with Crippen molar-refractivity contribution in [3.63, 3.8) is 0 Å². The summed E-state index contributed by atoms with van der Waals surface area (Å²) in [6.45, 7) is 2.88. The molecule has 2 aromatic rings. The van der Waals surface area contributed by atoms with Crippen molar-refractivity contribution in [2.45, 2.75) is 31.1 Å². The van der Waals surface area contributed by atoms with Crippen LogP contribution in [0.4, 0.5) is 0 Å². The number of rotatable bonds is 8. The van der Waals surface area contributed by atoms with Crippen molar-refractivity contribution >= 4 is 50.0 Å². The molecule has 164 valence electrons. The second kappa shape index (κ2) is 9.67. The van der Waals surface area contributed by atoms with Crippen molar-refractivity contribution in [3.8, 4) is 0 Å². The number of hydrogen-bond acceptors (Lipinski definition) is 7. The fraction of sp³-hybridized carbons (Fsp3) is 0.526. The number of methoxy groups -OCH3 is 1. The highest BCUT2D eigenvalue weighted by molar-refractivity contribution is 7.99. The summed E-state index contributed by atoms with van der Waals surface area (Å²) in [6.07, 6.45) is 0.456. The first-order chi connectivity index (χ1) is 14.3. The Morgan fingerprint density at radius 2 is 2.20 bits per heavy atom. The molecule has 0 saturated carbocycles. The Morgan fingerprint density at radius 1 is 1.43 bits per heavy atom. The van der Waals surface area contributed by atoms with Gasteiger partial charge in [-0.1, -0.05) is 23.4 Å². The molecule has 1 atom stereocenters. The van der Waals surface area contributed by atoms with Crippen LogP contribution < -0.4 is 5.56 Å². The standard InChI is InChI=1S/C19H24ClN3O5S2/c1-3-22(14-6-9-30(26,27)12-14)17(24)11-29-19-21-16-10-13(20)4-5-15(16)18(25)23(19)7-8-28-2/h4-5,10,14H,3,6-9,11-12H2,1-2H3. The minimum Gasteiger partial charge on any atom is -0.383 e. The van der Waals surface area contributed by atoms with E-state index < -0.39 is 9.84 Å². The summed E-state index contributed by atoms with van der Waals surface area (Å²) < 4.78 is 30.2. The van der Waals surface area contributed by atoms with E-state index in [2.05, 4.69) is 4.98 Å². The molecular formula is C19H24ClN3O5S2. The topological polar surface area (TPSA) is 98.6 Å². The average molecular weight is 474 g/mol. The van der Waals surface area contributed by atoms with Gasteiger partial charge in [-0.2, -0.15) is 0 Å².